The number of anilines is 1. The Labute approximate surface area is 189 Å². The Bertz CT molecular complexity index is 1120. The highest BCUT2D eigenvalue weighted by atomic mass is 35.5. The highest BCUT2D eigenvalue weighted by Crippen LogP contribution is 2.38. The second-order valence-corrected chi connectivity index (χ2v) is 10.7. The molecule has 2 aromatic carbocycles. The number of aliphatic hydroxyl groups excluding tert-OH is 1. The minimum atomic E-state index is -3.93. The smallest absolute Gasteiger partial charge is 0.255 e. The molecule has 1 aliphatic rings. The van der Waals surface area contributed by atoms with Gasteiger partial charge in [0.15, 0.2) is 27.3 Å². The van der Waals surface area contributed by atoms with E-state index in [0.717, 1.165) is 6.07 Å². The van der Waals surface area contributed by atoms with Crippen molar-refractivity contribution in [1.82, 2.24) is 0 Å². The van der Waals surface area contributed by atoms with Crippen molar-refractivity contribution in [3.63, 3.8) is 0 Å². The second-order valence-electron chi connectivity index (χ2n) is 8.13. The first-order valence-electron chi connectivity index (χ1n) is 10.1. The van der Waals surface area contributed by atoms with Crippen molar-refractivity contribution < 1.29 is 31.5 Å². The van der Waals surface area contributed by atoms with Gasteiger partial charge in [0.2, 0.25) is 0 Å². The molecule has 1 saturated carbocycles. The van der Waals surface area contributed by atoms with Crippen LogP contribution in [-0.4, -0.2) is 30.8 Å². The molecule has 174 valence electrons. The monoisotopic (exact) mass is 489 g/mol. The summed E-state index contributed by atoms with van der Waals surface area (Å²) < 4.78 is 66.6. The maximum atomic E-state index is 13.4. The Hall–Kier alpha value is -2.10. The maximum absolute atomic E-state index is 13.4. The Balaban J connectivity index is 1.90. The lowest BCUT2D eigenvalue weighted by atomic mass is 9.78. The van der Waals surface area contributed by atoms with Gasteiger partial charge in [-0.05, 0) is 42.9 Å². The summed E-state index contributed by atoms with van der Waals surface area (Å²) in [6.45, 7) is 3.68. The van der Waals surface area contributed by atoms with Crippen molar-refractivity contribution in [1.29, 1.82) is 0 Å². The van der Waals surface area contributed by atoms with Gasteiger partial charge in [-0.1, -0.05) is 31.9 Å². The van der Waals surface area contributed by atoms with Gasteiger partial charge in [-0.25, -0.2) is 21.6 Å². The van der Waals surface area contributed by atoms with Gasteiger partial charge in [0.25, 0.3) is 5.91 Å². The maximum Gasteiger partial charge on any atom is 0.255 e. The van der Waals surface area contributed by atoms with E-state index in [9.17, 15) is 31.5 Å². The van der Waals surface area contributed by atoms with Crippen LogP contribution in [0.2, 0.25) is 5.02 Å². The number of halogens is 4. The number of amides is 1. The van der Waals surface area contributed by atoms with Gasteiger partial charge in [0.05, 0.1) is 21.3 Å². The number of aliphatic hydroxyl groups is 1. The zero-order chi connectivity index (χ0) is 23.8. The quantitative estimate of drug-likeness (QED) is 0.581. The fraction of sp³-hybridized carbons (Fsp3) is 0.409. The number of benzene rings is 2. The zero-order valence-electron chi connectivity index (χ0n) is 17.4. The van der Waals surface area contributed by atoms with Crippen molar-refractivity contribution in [2.24, 2.45) is 11.8 Å². The van der Waals surface area contributed by atoms with E-state index >= 15 is 0 Å². The minimum absolute atomic E-state index is 0.0627. The van der Waals surface area contributed by atoms with E-state index in [-0.39, 0.29) is 45.8 Å². The van der Waals surface area contributed by atoms with Gasteiger partial charge in [-0.2, -0.15) is 0 Å². The molecule has 1 amide bonds. The number of nitrogens with one attached hydrogen (secondary N) is 1. The molecule has 0 spiro atoms. The van der Waals surface area contributed by atoms with Crippen molar-refractivity contribution >= 4 is 33.0 Å². The van der Waals surface area contributed by atoms with E-state index in [4.69, 9.17) is 11.6 Å². The zero-order valence-corrected chi connectivity index (χ0v) is 19.0. The summed E-state index contributed by atoms with van der Waals surface area (Å²) in [5, 5.41) is 11.7. The van der Waals surface area contributed by atoms with Gasteiger partial charge < -0.3 is 10.4 Å². The Morgan fingerprint density at radius 1 is 1.16 bits per heavy atom. The Morgan fingerprint density at radius 3 is 2.38 bits per heavy atom. The first kappa shape index (κ1) is 24.5. The van der Waals surface area contributed by atoms with E-state index in [1.165, 1.54) is 12.1 Å². The number of carbonyl (C=O) groups excluding carboxylic acids is 1. The summed E-state index contributed by atoms with van der Waals surface area (Å²) in [6, 6.07) is 4.87. The number of hydrogen-bond donors (Lipinski definition) is 2. The van der Waals surface area contributed by atoms with Crippen LogP contribution in [0, 0.1) is 29.3 Å². The van der Waals surface area contributed by atoms with Crippen LogP contribution in [0.5, 0.6) is 0 Å². The highest BCUT2D eigenvalue weighted by molar-refractivity contribution is 7.92. The van der Waals surface area contributed by atoms with Crippen molar-refractivity contribution in [3.05, 3.63) is 58.4 Å². The molecule has 1 fully saturated rings. The molecule has 0 heterocycles. The van der Waals surface area contributed by atoms with Crippen molar-refractivity contribution in [2.75, 3.05) is 5.32 Å². The molecule has 2 aromatic rings. The second kappa shape index (κ2) is 9.41. The normalized spacial score (nSPS) is 23.7. The summed E-state index contributed by atoms with van der Waals surface area (Å²) >= 11 is 6.16. The average Bonchev–Trinajstić information content (AvgIpc) is 2.73. The van der Waals surface area contributed by atoms with E-state index < -0.39 is 44.5 Å². The summed E-state index contributed by atoms with van der Waals surface area (Å²) in [4.78, 5) is 12.3. The van der Waals surface area contributed by atoms with Gasteiger partial charge in [0.1, 0.15) is 0 Å². The fourth-order valence-electron chi connectivity index (χ4n) is 4.13. The van der Waals surface area contributed by atoms with Crippen LogP contribution in [0.15, 0.2) is 35.2 Å². The molecule has 32 heavy (non-hydrogen) atoms. The third kappa shape index (κ3) is 4.79. The first-order valence-corrected chi connectivity index (χ1v) is 12.1. The fourth-order valence-corrected chi connectivity index (χ4v) is 6.61. The largest absolute Gasteiger partial charge is 0.393 e. The van der Waals surface area contributed by atoms with E-state index in [1.807, 2.05) is 6.92 Å². The number of sulfone groups is 1. The molecule has 0 aromatic heterocycles. The first-order chi connectivity index (χ1) is 14.9. The lowest BCUT2D eigenvalue weighted by molar-refractivity contribution is 0.0250. The average molecular weight is 490 g/mol. The van der Waals surface area contributed by atoms with Crippen molar-refractivity contribution in [2.45, 2.75) is 49.4 Å². The molecule has 1 aliphatic carbocycles. The number of hydrogen-bond acceptors (Lipinski definition) is 4. The molecule has 2 N–H and O–H groups in total. The van der Waals surface area contributed by atoms with Crippen LogP contribution < -0.4 is 5.32 Å². The van der Waals surface area contributed by atoms with E-state index in [1.54, 1.807) is 6.92 Å². The summed E-state index contributed by atoms with van der Waals surface area (Å²) in [7, 11) is -3.93. The molecular formula is C22H23ClF3NO4S. The number of carbonyl (C=O) groups is 1. The third-order valence-corrected chi connectivity index (χ3v) is 8.63. The number of rotatable bonds is 5. The summed E-state index contributed by atoms with van der Waals surface area (Å²) in [5.41, 5.74) is -0.430. The predicted octanol–water partition coefficient (Wildman–Crippen LogP) is 4.97. The van der Waals surface area contributed by atoms with Gasteiger partial charge in [-0.3, -0.25) is 4.79 Å². The lowest BCUT2D eigenvalue weighted by Crippen LogP contribution is -2.41. The SMILES string of the molecule is CCC1C[C@@H](S(=O)(=O)c2cc(C(=O)Nc3cc(F)c(F)c(F)c3)ccc2Cl)C[C@H](C)[C@H]1O. The summed E-state index contributed by atoms with van der Waals surface area (Å²) in [6.07, 6.45) is 0.556. The summed E-state index contributed by atoms with van der Waals surface area (Å²) in [5.74, 6) is -5.85. The van der Waals surface area contributed by atoms with Crippen LogP contribution in [0.3, 0.4) is 0 Å². The molecule has 0 bridgehead atoms. The molecule has 3 rings (SSSR count). The topological polar surface area (TPSA) is 83.5 Å². The van der Waals surface area contributed by atoms with Crippen LogP contribution in [0.25, 0.3) is 0 Å². The lowest BCUT2D eigenvalue weighted by Gasteiger charge is -2.37. The third-order valence-electron chi connectivity index (χ3n) is 5.97. The Kier molecular flexibility index (Phi) is 7.21. The van der Waals surface area contributed by atoms with Gasteiger partial charge in [-0.15, -0.1) is 0 Å². The van der Waals surface area contributed by atoms with Gasteiger partial charge >= 0.3 is 0 Å². The van der Waals surface area contributed by atoms with E-state index in [0.29, 0.717) is 18.6 Å². The van der Waals surface area contributed by atoms with Crippen LogP contribution in [0.1, 0.15) is 43.5 Å². The standard InChI is InChI=1S/C22H23ClF3NO4S/c1-3-12-7-15(6-11(2)21(12)28)32(30,31)19-8-13(4-5-16(19)23)22(29)27-14-9-17(24)20(26)18(25)10-14/h4-5,8-12,15,21,28H,3,6-7H2,1-2H3,(H,27,29)/t11-,12?,15-,21+/m0/s1. The molecule has 10 heteroatoms. The van der Waals surface area contributed by atoms with Gasteiger partial charge in [0, 0.05) is 23.4 Å². The minimum Gasteiger partial charge on any atom is -0.393 e. The molecule has 0 aliphatic heterocycles. The van der Waals surface area contributed by atoms with Crippen LogP contribution >= 0.6 is 11.6 Å². The molecule has 0 radical (unpaired) electrons. The van der Waals surface area contributed by atoms with E-state index in [2.05, 4.69) is 5.32 Å². The molecular weight excluding hydrogens is 467 g/mol. The molecule has 5 nitrogen and oxygen atoms in total. The van der Waals surface area contributed by atoms with Crippen LogP contribution in [0.4, 0.5) is 18.9 Å². The van der Waals surface area contributed by atoms with Crippen LogP contribution in [-0.2, 0) is 9.84 Å². The molecule has 1 unspecified atom stereocenters. The molecule has 0 saturated heterocycles. The Morgan fingerprint density at radius 2 is 1.78 bits per heavy atom. The van der Waals surface area contributed by atoms with Crippen molar-refractivity contribution in [3.8, 4) is 0 Å². The predicted molar refractivity (Wildman–Crippen MR) is 115 cm³/mol. The highest BCUT2D eigenvalue weighted by Gasteiger charge is 2.40. The molecule has 4 atom stereocenters.